The van der Waals surface area contributed by atoms with E-state index in [1.807, 2.05) is 29.4 Å². The third kappa shape index (κ3) is 3.36. The lowest BCUT2D eigenvalue weighted by Gasteiger charge is -2.41. The minimum atomic E-state index is -0.0282. The summed E-state index contributed by atoms with van der Waals surface area (Å²) in [6.45, 7) is 4.65. The second-order valence-corrected chi connectivity index (χ2v) is 6.89. The van der Waals surface area contributed by atoms with Crippen LogP contribution in [0.4, 0.5) is 5.69 Å². The van der Waals surface area contributed by atoms with E-state index in [-0.39, 0.29) is 11.9 Å². The third-order valence-corrected chi connectivity index (χ3v) is 5.12. The van der Waals surface area contributed by atoms with Gasteiger partial charge in [-0.1, -0.05) is 18.2 Å². The number of fused-ring (bicyclic) bond motifs is 1. The molecule has 1 aliphatic heterocycles. The first kappa shape index (κ1) is 17.4. The van der Waals surface area contributed by atoms with Crippen LogP contribution in [-0.2, 0) is 6.54 Å². The molecule has 0 aliphatic carbocycles. The molecule has 6 heteroatoms. The van der Waals surface area contributed by atoms with Crippen molar-refractivity contribution < 1.29 is 4.79 Å². The molecule has 4 rings (SSSR count). The van der Waals surface area contributed by atoms with Gasteiger partial charge in [-0.3, -0.25) is 9.78 Å². The van der Waals surface area contributed by atoms with Gasteiger partial charge in [-0.05, 0) is 31.2 Å². The van der Waals surface area contributed by atoms with Crippen molar-refractivity contribution in [1.29, 1.82) is 0 Å². The largest absolute Gasteiger partial charge is 0.367 e. The molecule has 0 bridgehead atoms. The van der Waals surface area contributed by atoms with Gasteiger partial charge in [0.15, 0.2) is 0 Å². The summed E-state index contributed by atoms with van der Waals surface area (Å²) in [5, 5.41) is 2.32. The highest BCUT2D eigenvalue weighted by Crippen LogP contribution is 2.28. The molecule has 0 spiro atoms. The minimum Gasteiger partial charge on any atom is -0.367 e. The Labute approximate surface area is 158 Å². The average Bonchev–Trinajstić information content (AvgIpc) is 2.73. The van der Waals surface area contributed by atoms with Crippen molar-refractivity contribution in [2.45, 2.75) is 19.5 Å². The van der Waals surface area contributed by atoms with Crippen molar-refractivity contribution in [2.75, 3.05) is 24.5 Å². The number of amides is 1. The number of aromatic nitrogens is 2. The molecule has 3 aromatic rings. The van der Waals surface area contributed by atoms with Gasteiger partial charge >= 0.3 is 0 Å². The molecule has 1 saturated heterocycles. The van der Waals surface area contributed by atoms with Crippen LogP contribution in [-0.4, -0.2) is 46.5 Å². The fourth-order valence-corrected chi connectivity index (χ4v) is 3.72. The highest BCUT2D eigenvalue weighted by atomic mass is 16.2. The maximum atomic E-state index is 12.9. The van der Waals surface area contributed by atoms with Crippen LogP contribution in [0.3, 0.4) is 0 Å². The van der Waals surface area contributed by atoms with Crippen molar-refractivity contribution in [3.63, 3.8) is 0 Å². The van der Waals surface area contributed by atoms with Gasteiger partial charge < -0.3 is 15.5 Å². The van der Waals surface area contributed by atoms with Crippen LogP contribution in [0, 0.1) is 0 Å². The van der Waals surface area contributed by atoms with Gasteiger partial charge in [0.1, 0.15) is 5.69 Å². The van der Waals surface area contributed by atoms with Crippen molar-refractivity contribution in [3.8, 4) is 0 Å². The normalized spacial score (nSPS) is 17.3. The fraction of sp³-hybridized carbons (Fsp3) is 0.286. The quantitative estimate of drug-likeness (QED) is 0.775. The van der Waals surface area contributed by atoms with Crippen LogP contribution in [0.1, 0.15) is 23.1 Å². The summed E-state index contributed by atoms with van der Waals surface area (Å²) in [4.78, 5) is 25.8. The fourth-order valence-electron chi connectivity index (χ4n) is 3.72. The molecule has 3 heterocycles. The summed E-state index contributed by atoms with van der Waals surface area (Å²) in [6.07, 6.45) is 3.71. The number of benzene rings is 1. The summed E-state index contributed by atoms with van der Waals surface area (Å²) < 4.78 is 0. The molecule has 0 radical (unpaired) electrons. The molecule has 1 unspecified atom stereocenters. The zero-order chi connectivity index (χ0) is 18.8. The van der Waals surface area contributed by atoms with E-state index in [0.29, 0.717) is 18.8 Å². The van der Waals surface area contributed by atoms with Gasteiger partial charge in [0, 0.05) is 61.1 Å². The van der Waals surface area contributed by atoms with Crippen LogP contribution < -0.4 is 10.6 Å². The van der Waals surface area contributed by atoms with Crippen molar-refractivity contribution in [3.05, 3.63) is 66.2 Å². The first-order valence-corrected chi connectivity index (χ1v) is 9.22. The van der Waals surface area contributed by atoms with E-state index in [9.17, 15) is 4.79 Å². The standard InChI is InChI=1S/C21H23N5O/c1-15-14-25(20-7-2-4-16-13-23-9-8-18(16)20)10-11-26(15)21(27)19-6-3-5-17(12-22)24-19/h2-9,13,15H,10-12,14,22H2,1H3. The number of piperazine rings is 1. The SMILES string of the molecule is CC1CN(c2cccc3cnccc23)CCN1C(=O)c1cccc(CN)n1. The molecular weight excluding hydrogens is 338 g/mol. The van der Waals surface area contributed by atoms with E-state index >= 15 is 0 Å². The Bertz CT molecular complexity index is 968. The van der Waals surface area contributed by atoms with Crippen LogP contribution in [0.2, 0.25) is 0 Å². The van der Waals surface area contributed by atoms with Gasteiger partial charge in [-0.2, -0.15) is 0 Å². The Hall–Kier alpha value is -2.99. The number of pyridine rings is 2. The highest BCUT2D eigenvalue weighted by molar-refractivity contribution is 5.95. The monoisotopic (exact) mass is 361 g/mol. The van der Waals surface area contributed by atoms with Crippen molar-refractivity contribution >= 4 is 22.4 Å². The second-order valence-electron chi connectivity index (χ2n) is 6.89. The van der Waals surface area contributed by atoms with Crippen LogP contribution >= 0.6 is 0 Å². The topological polar surface area (TPSA) is 75.4 Å². The molecule has 2 aromatic heterocycles. The van der Waals surface area contributed by atoms with Gasteiger partial charge in [0.05, 0.1) is 5.69 Å². The van der Waals surface area contributed by atoms with Crippen LogP contribution in [0.15, 0.2) is 54.9 Å². The highest BCUT2D eigenvalue weighted by Gasteiger charge is 2.29. The first-order valence-electron chi connectivity index (χ1n) is 9.22. The molecule has 138 valence electrons. The summed E-state index contributed by atoms with van der Waals surface area (Å²) in [6, 6.07) is 13.9. The van der Waals surface area contributed by atoms with Gasteiger partial charge in [-0.25, -0.2) is 4.98 Å². The van der Waals surface area contributed by atoms with E-state index in [4.69, 9.17) is 5.73 Å². The van der Waals surface area contributed by atoms with E-state index in [0.717, 1.165) is 24.2 Å². The number of hydrogen-bond donors (Lipinski definition) is 1. The zero-order valence-electron chi connectivity index (χ0n) is 15.4. The number of hydrogen-bond acceptors (Lipinski definition) is 5. The number of carbonyl (C=O) groups is 1. The minimum absolute atomic E-state index is 0.0282. The molecule has 1 fully saturated rings. The van der Waals surface area contributed by atoms with Crippen molar-refractivity contribution in [1.82, 2.24) is 14.9 Å². The Kier molecular flexibility index (Phi) is 4.73. The zero-order valence-corrected chi connectivity index (χ0v) is 15.4. The van der Waals surface area contributed by atoms with Gasteiger partial charge in [0.25, 0.3) is 5.91 Å². The number of anilines is 1. The second kappa shape index (κ2) is 7.32. The summed E-state index contributed by atoms with van der Waals surface area (Å²) in [7, 11) is 0. The lowest BCUT2D eigenvalue weighted by Crippen LogP contribution is -2.54. The molecule has 0 saturated carbocycles. The van der Waals surface area contributed by atoms with E-state index in [2.05, 4.69) is 46.1 Å². The number of rotatable bonds is 3. The summed E-state index contributed by atoms with van der Waals surface area (Å²) >= 11 is 0. The number of nitrogens with two attached hydrogens (primary N) is 1. The number of carbonyl (C=O) groups excluding carboxylic acids is 1. The van der Waals surface area contributed by atoms with Gasteiger partial charge in [0.2, 0.25) is 0 Å². The van der Waals surface area contributed by atoms with Crippen molar-refractivity contribution in [2.24, 2.45) is 5.73 Å². The maximum absolute atomic E-state index is 12.9. The van der Waals surface area contributed by atoms with E-state index < -0.39 is 0 Å². The summed E-state index contributed by atoms with van der Waals surface area (Å²) in [5.74, 6) is -0.0282. The lowest BCUT2D eigenvalue weighted by molar-refractivity contribution is 0.0668. The Morgan fingerprint density at radius 1 is 1.19 bits per heavy atom. The van der Waals surface area contributed by atoms with E-state index in [1.54, 1.807) is 6.07 Å². The molecule has 1 aliphatic rings. The Morgan fingerprint density at radius 2 is 2.04 bits per heavy atom. The first-order chi connectivity index (χ1) is 13.2. The Morgan fingerprint density at radius 3 is 2.85 bits per heavy atom. The predicted molar refractivity (Wildman–Crippen MR) is 107 cm³/mol. The van der Waals surface area contributed by atoms with Crippen LogP contribution in [0.5, 0.6) is 0 Å². The predicted octanol–water partition coefficient (Wildman–Crippen LogP) is 2.44. The van der Waals surface area contributed by atoms with Gasteiger partial charge in [-0.15, -0.1) is 0 Å². The third-order valence-electron chi connectivity index (χ3n) is 5.12. The molecule has 27 heavy (non-hydrogen) atoms. The smallest absolute Gasteiger partial charge is 0.272 e. The average molecular weight is 361 g/mol. The van der Waals surface area contributed by atoms with E-state index in [1.165, 1.54) is 11.1 Å². The Balaban J connectivity index is 1.54. The molecule has 6 nitrogen and oxygen atoms in total. The molecule has 2 N–H and O–H groups in total. The maximum Gasteiger partial charge on any atom is 0.272 e. The molecule has 1 atom stereocenters. The number of nitrogens with zero attached hydrogens (tertiary/aromatic N) is 4. The van der Waals surface area contributed by atoms with Crippen LogP contribution in [0.25, 0.3) is 10.8 Å². The lowest BCUT2D eigenvalue weighted by atomic mass is 10.1. The summed E-state index contributed by atoms with van der Waals surface area (Å²) in [5.41, 5.74) is 8.05. The molecule has 1 amide bonds. The molecule has 1 aromatic carbocycles. The molecular formula is C21H23N5O.